The lowest BCUT2D eigenvalue weighted by atomic mass is 10.1. The van der Waals surface area contributed by atoms with Crippen molar-refractivity contribution in [1.29, 1.82) is 5.26 Å². The number of carbonyl (C=O) groups excluding carboxylic acids is 2. The fourth-order valence-corrected chi connectivity index (χ4v) is 2.78. The number of benzene rings is 1. The first kappa shape index (κ1) is 18.9. The molecule has 25 heavy (non-hydrogen) atoms. The van der Waals surface area contributed by atoms with Gasteiger partial charge < -0.3 is 10.2 Å². The van der Waals surface area contributed by atoms with Crippen molar-refractivity contribution < 1.29 is 9.59 Å². The molecule has 2 amide bonds. The van der Waals surface area contributed by atoms with Crippen LogP contribution in [-0.2, 0) is 9.59 Å². The van der Waals surface area contributed by atoms with Gasteiger partial charge in [0.05, 0.1) is 25.6 Å². The lowest BCUT2D eigenvalue weighted by Crippen LogP contribution is -2.43. The van der Waals surface area contributed by atoms with Gasteiger partial charge in [0.1, 0.15) is 0 Å². The predicted octanol–water partition coefficient (Wildman–Crippen LogP) is 1.76. The van der Waals surface area contributed by atoms with E-state index in [-0.39, 0.29) is 31.3 Å². The van der Waals surface area contributed by atoms with Crippen molar-refractivity contribution in [2.24, 2.45) is 0 Å². The van der Waals surface area contributed by atoms with E-state index in [4.69, 9.17) is 5.26 Å². The Labute approximate surface area is 149 Å². The highest BCUT2D eigenvalue weighted by atomic mass is 16.2. The zero-order chi connectivity index (χ0) is 18.4. The van der Waals surface area contributed by atoms with Gasteiger partial charge in [-0.3, -0.25) is 14.5 Å². The molecule has 1 aliphatic rings. The van der Waals surface area contributed by atoms with Crippen LogP contribution >= 0.6 is 0 Å². The third-order valence-electron chi connectivity index (χ3n) is 4.03. The Morgan fingerprint density at radius 3 is 2.40 bits per heavy atom. The van der Waals surface area contributed by atoms with E-state index in [0.29, 0.717) is 12.6 Å². The number of nitrogens with zero attached hydrogens (tertiary/aromatic N) is 3. The zero-order valence-electron chi connectivity index (χ0n) is 15.2. The minimum atomic E-state index is -0.109. The third kappa shape index (κ3) is 6.20. The summed E-state index contributed by atoms with van der Waals surface area (Å²) in [5.74, 6) is -0.158. The summed E-state index contributed by atoms with van der Waals surface area (Å²) in [6.07, 6.45) is 2.36. The van der Waals surface area contributed by atoms with E-state index >= 15 is 0 Å². The van der Waals surface area contributed by atoms with Crippen LogP contribution < -0.4 is 10.2 Å². The minimum Gasteiger partial charge on any atom is -0.352 e. The van der Waals surface area contributed by atoms with E-state index in [9.17, 15) is 9.59 Å². The summed E-state index contributed by atoms with van der Waals surface area (Å²) in [5.41, 5.74) is 2.94. The summed E-state index contributed by atoms with van der Waals surface area (Å²) < 4.78 is 0. The number of likely N-dealkylation sites (N-methyl/N-ethyl adjacent to an activating group) is 1. The molecule has 1 saturated carbocycles. The second kappa shape index (κ2) is 8.63. The van der Waals surface area contributed by atoms with Gasteiger partial charge in [-0.25, -0.2) is 0 Å². The van der Waals surface area contributed by atoms with Crippen molar-refractivity contribution in [3.8, 4) is 6.07 Å². The number of hydrogen-bond acceptors (Lipinski definition) is 4. The van der Waals surface area contributed by atoms with Gasteiger partial charge in [0.15, 0.2) is 0 Å². The first-order valence-corrected chi connectivity index (χ1v) is 8.62. The van der Waals surface area contributed by atoms with Crippen molar-refractivity contribution in [3.05, 3.63) is 29.3 Å². The molecule has 0 aliphatic heterocycles. The highest BCUT2D eigenvalue weighted by Crippen LogP contribution is 2.20. The highest BCUT2D eigenvalue weighted by Gasteiger charge is 2.24. The second-order valence-electron chi connectivity index (χ2n) is 6.81. The molecule has 0 heterocycles. The smallest absolute Gasteiger partial charge is 0.241 e. The molecule has 0 atom stereocenters. The number of hydrogen-bond donors (Lipinski definition) is 1. The molecule has 1 fully saturated rings. The van der Waals surface area contributed by atoms with E-state index in [1.165, 1.54) is 0 Å². The number of nitriles is 1. The SMILES string of the molecule is Cc1cc(C)cc(N(CCC#N)C(=O)CN(C)CC(=O)NC2CC2)c1. The quantitative estimate of drug-likeness (QED) is 0.781. The molecule has 0 radical (unpaired) electrons. The van der Waals surface area contributed by atoms with Gasteiger partial charge in [0, 0.05) is 18.3 Å². The molecule has 6 heteroatoms. The Balaban J connectivity index is 2.01. The van der Waals surface area contributed by atoms with Crippen LogP contribution in [-0.4, -0.2) is 49.4 Å². The van der Waals surface area contributed by atoms with Crippen molar-refractivity contribution in [1.82, 2.24) is 10.2 Å². The fourth-order valence-electron chi connectivity index (χ4n) is 2.78. The van der Waals surface area contributed by atoms with E-state index < -0.39 is 0 Å². The van der Waals surface area contributed by atoms with E-state index in [1.807, 2.05) is 32.0 Å². The topological polar surface area (TPSA) is 76.4 Å². The van der Waals surface area contributed by atoms with Crippen molar-refractivity contribution >= 4 is 17.5 Å². The van der Waals surface area contributed by atoms with Crippen LogP contribution in [0.4, 0.5) is 5.69 Å². The number of carbonyl (C=O) groups is 2. The van der Waals surface area contributed by atoms with Crippen LogP contribution in [0.3, 0.4) is 0 Å². The number of amides is 2. The molecule has 1 aromatic carbocycles. The lowest BCUT2D eigenvalue weighted by molar-refractivity contribution is -0.123. The monoisotopic (exact) mass is 342 g/mol. The van der Waals surface area contributed by atoms with Crippen molar-refractivity contribution in [2.75, 3.05) is 31.6 Å². The maximum Gasteiger partial charge on any atom is 0.241 e. The molecular formula is C19H26N4O2. The average Bonchev–Trinajstić information content (AvgIpc) is 3.30. The van der Waals surface area contributed by atoms with Crippen molar-refractivity contribution in [2.45, 2.75) is 39.2 Å². The molecule has 134 valence electrons. The first-order chi connectivity index (χ1) is 11.9. The molecule has 2 rings (SSSR count). The summed E-state index contributed by atoms with van der Waals surface area (Å²) in [7, 11) is 1.76. The van der Waals surface area contributed by atoms with Crippen LogP contribution in [0.25, 0.3) is 0 Å². The lowest BCUT2D eigenvalue weighted by Gasteiger charge is -2.25. The van der Waals surface area contributed by atoms with Gasteiger partial charge in [-0.2, -0.15) is 5.26 Å². The molecule has 0 aromatic heterocycles. The largest absolute Gasteiger partial charge is 0.352 e. The third-order valence-corrected chi connectivity index (χ3v) is 4.03. The average molecular weight is 342 g/mol. The van der Waals surface area contributed by atoms with Gasteiger partial charge in [-0.05, 0) is 57.0 Å². The predicted molar refractivity (Wildman–Crippen MR) is 97.2 cm³/mol. The van der Waals surface area contributed by atoms with E-state index in [2.05, 4.69) is 11.4 Å². The zero-order valence-corrected chi connectivity index (χ0v) is 15.2. The summed E-state index contributed by atoms with van der Waals surface area (Å²) in [5, 5.41) is 11.8. The van der Waals surface area contributed by atoms with Gasteiger partial charge in [0.25, 0.3) is 0 Å². The first-order valence-electron chi connectivity index (χ1n) is 8.62. The number of aryl methyl sites for hydroxylation is 2. The van der Waals surface area contributed by atoms with E-state index in [1.54, 1.807) is 16.8 Å². The molecule has 0 bridgehead atoms. The van der Waals surface area contributed by atoms with Gasteiger partial charge in [-0.15, -0.1) is 0 Å². The molecule has 1 aromatic rings. The van der Waals surface area contributed by atoms with E-state index in [0.717, 1.165) is 29.7 Å². The molecule has 0 spiro atoms. The van der Waals surface area contributed by atoms with Gasteiger partial charge in [-0.1, -0.05) is 6.07 Å². The Hall–Kier alpha value is -2.39. The Morgan fingerprint density at radius 2 is 1.84 bits per heavy atom. The fraction of sp³-hybridized carbons (Fsp3) is 0.526. The van der Waals surface area contributed by atoms with Gasteiger partial charge in [0.2, 0.25) is 11.8 Å². The second-order valence-corrected chi connectivity index (χ2v) is 6.81. The van der Waals surface area contributed by atoms with Crippen LogP contribution in [0.1, 0.15) is 30.4 Å². The maximum atomic E-state index is 12.7. The van der Waals surface area contributed by atoms with Crippen molar-refractivity contribution in [3.63, 3.8) is 0 Å². The number of rotatable bonds is 8. The minimum absolute atomic E-state index is 0.0484. The number of nitrogens with one attached hydrogen (secondary N) is 1. The molecule has 0 unspecified atom stereocenters. The van der Waals surface area contributed by atoms with Crippen LogP contribution in [0.5, 0.6) is 0 Å². The molecule has 1 aliphatic carbocycles. The highest BCUT2D eigenvalue weighted by molar-refractivity contribution is 5.95. The summed E-state index contributed by atoms with van der Waals surface area (Å²) in [4.78, 5) is 28.0. The van der Waals surface area contributed by atoms with Crippen LogP contribution in [0, 0.1) is 25.2 Å². The normalized spacial score (nSPS) is 13.4. The molecule has 0 saturated heterocycles. The maximum absolute atomic E-state index is 12.7. The molecule has 6 nitrogen and oxygen atoms in total. The Morgan fingerprint density at radius 1 is 1.20 bits per heavy atom. The molecule has 1 N–H and O–H groups in total. The molecular weight excluding hydrogens is 316 g/mol. The van der Waals surface area contributed by atoms with Crippen LogP contribution in [0.15, 0.2) is 18.2 Å². The summed E-state index contributed by atoms with van der Waals surface area (Å²) >= 11 is 0. The standard InChI is InChI=1S/C19H26N4O2/c1-14-9-15(2)11-17(10-14)23(8-4-7-20)19(25)13-22(3)12-18(24)21-16-5-6-16/h9-11,16H,4-6,8,12-13H2,1-3H3,(H,21,24). The summed E-state index contributed by atoms with van der Waals surface area (Å²) in [6, 6.07) is 8.35. The summed E-state index contributed by atoms with van der Waals surface area (Å²) in [6.45, 7) is 4.65. The van der Waals surface area contributed by atoms with Gasteiger partial charge >= 0.3 is 0 Å². The number of anilines is 1. The van der Waals surface area contributed by atoms with Crippen LogP contribution in [0.2, 0.25) is 0 Å². The Kier molecular flexibility index (Phi) is 6.54. The Bertz CT molecular complexity index is 656.